The number of nitrogens with one attached hydrogen (secondary N) is 1. The van der Waals surface area contributed by atoms with Crippen molar-refractivity contribution < 1.29 is 9.84 Å². The van der Waals surface area contributed by atoms with Crippen molar-refractivity contribution in [1.29, 1.82) is 0 Å². The quantitative estimate of drug-likeness (QED) is 0.735. The summed E-state index contributed by atoms with van der Waals surface area (Å²) in [6.07, 6.45) is 3.66. The van der Waals surface area contributed by atoms with Gasteiger partial charge in [0.15, 0.2) is 0 Å². The second-order valence-electron chi connectivity index (χ2n) is 5.24. The normalized spacial score (nSPS) is 17.7. The zero-order valence-electron chi connectivity index (χ0n) is 10.4. The number of ether oxygens (including phenoxy) is 1. The molecule has 1 aliphatic heterocycles. The Labute approximate surface area is 110 Å². The molecule has 19 heavy (non-hydrogen) atoms. The highest BCUT2D eigenvalue weighted by Gasteiger charge is 2.39. The van der Waals surface area contributed by atoms with Crippen molar-refractivity contribution in [3.05, 3.63) is 42.2 Å². The highest BCUT2D eigenvalue weighted by molar-refractivity contribution is 6.06. The molecule has 0 atom stereocenters. The molecule has 4 rings (SSSR count). The summed E-state index contributed by atoms with van der Waals surface area (Å²) < 4.78 is 5.27. The summed E-state index contributed by atoms with van der Waals surface area (Å²) in [6.45, 7) is 1.31. The number of aromatic nitrogens is 2. The number of nitrogens with zero attached hydrogens (tertiary/aromatic N) is 1. The Kier molecular flexibility index (Phi) is 2.19. The second kappa shape index (κ2) is 3.79. The maximum Gasteiger partial charge on any atom is 0.0652 e. The van der Waals surface area contributed by atoms with Crippen molar-refractivity contribution in [3.8, 4) is 0 Å². The molecule has 96 valence electrons. The van der Waals surface area contributed by atoms with Gasteiger partial charge < -0.3 is 14.8 Å². The topological polar surface area (TPSA) is 58.1 Å². The summed E-state index contributed by atoms with van der Waals surface area (Å²) in [5.74, 6) is 0. The monoisotopic (exact) mass is 254 g/mol. The maximum atomic E-state index is 9.60. The average Bonchev–Trinajstić information content (AvgIpc) is 2.76. The van der Waals surface area contributed by atoms with Crippen molar-refractivity contribution in [2.45, 2.75) is 5.41 Å². The zero-order chi connectivity index (χ0) is 12.9. The van der Waals surface area contributed by atoms with Gasteiger partial charge >= 0.3 is 0 Å². The summed E-state index contributed by atoms with van der Waals surface area (Å²) in [6, 6.07) is 8.28. The molecule has 0 unspecified atom stereocenters. The van der Waals surface area contributed by atoms with Crippen molar-refractivity contribution in [1.82, 2.24) is 9.97 Å². The zero-order valence-corrected chi connectivity index (χ0v) is 10.4. The first-order chi connectivity index (χ1) is 9.32. The largest absolute Gasteiger partial charge is 0.395 e. The molecule has 0 aliphatic carbocycles. The molecule has 0 bridgehead atoms. The van der Waals surface area contributed by atoms with Crippen LogP contribution < -0.4 is 0 Å². The third kappa shape index (κ3) is 1.44. The molecule has 1 aliphatic rings. The Morgan fingerprint density at radius 3 is 2.84 bits per heavy atom. The SMILES string of the molecule is OCC1(c2ccc3c(c2)[nH]c2ccncc23)COC1. The molecule has 2 N–H and O–H groups in total. The molecule has 1 fully saturated rings. The van der Waals surface area contributed by atoms with Gasteiger partial charge in [-0.25, -0.2) is 0 Å². The summed E-state index contributed by atoms with van der Waals surface area (Å²) in [5.41, 5.74) is 3.09. The van der Waals surface area contributed by atoms with E-state index in [0.29, 0.717) is 13.2 Å². The Morgan fingerprint density at radius 2 is 2.11 bits per heavy atom. The van der Waals surface area contributed by atoms with E-state index in [2.05, 4.69) is 28.2 Å². The van der Waals surface area contributed by atoms with E-state index in [-0.39, 0.29) is 12.0 Å². The van der Waals surface area contributed by atoms with E-state index in [1.807, 2.05) is 12.3 Å². The second-order valence-corrected chi connectivity index (χ2v) is 5.24. The number of pyridine rings is 1. The fourth-order valence-electron chi connectivity index (χ4n) is 2.77. The lowest BCUT2D eigenvalue weighted by molar-refractivity contribution is -0.0841. The summed E-state index contributed by atoms with van der Waals surface area (Å²) in [7, 11) is 0. The first-order valence-corrected chi connectivity index (χ1v) is 6.37. The molecule has 2 aromatic heterocycles. The number of benzene rings is 1. The molecular formula is C15H14N2O2. The van der Waals surface area contributed by atoms with Crippen LogP contribution in [0.25, 0.3) is 21.8 Å². The van der Waals surface area contributed by atoms with Gasteiger partial charge in [-0.15, -0.1) is 0 Å². The molecule has 0 amide bonds. The lowest BCUT2D eigenvalue weighted by atomic mass is 9.79. The number of fused-ring (bicyclic) bond motifs is 3. The minimum atomic E-state index is -0.219. The van der Waals surface area contributed by atoms with Gasteiger partial charge in [0.1, 0.15) is 0 Å². The number of aromatic amines is 1. The van der Waals surface area contributed by atoms with Crippen molar-refractivity contribution in [3.63, 3.8) is 0 Å². The Hall–Kier alpha value is -1.91. The third-order valence-electron chi connectivity index (χ3n) is 4.07. The molecule has 0 spiro atoms. The molecule has 0 saturated carbocycles. The lowest BCUT2D eigenvalue weighted by Gasteiger charge is -2.40. The summed E-state index contributed by atoms with van der Waals surface area (Å²) >= 11 is 0. The van der Waals surface area contributed by atoms with Gasteiger partial charge in [-0.2, -0.15) is 0 Å². The Morgan fingerprint density at radius 1 is 1.21 bits per heavy atom. The molecule has 3 heterocycles. The highest BCUT2D eigenvalue weighted by Crippen LogP contribution is 2.34. The minimum absolute atomic E-state index is 0.125. The van der Waals surface area contributed by atoms with Crippen LogP contribution in [0.5, 0.6) is 0 Å². The van der Waals surface area contributed by atoms with Gasteiger partial charge in [-0.3, -0.25) is 4.98 Å². The number of H-pyrrole nitrogens is 1. The van der Waals surface area contributed by atoms with Crippen LogP contribution in [-0.2, 0) is 10.2 Å². The van der Waals surface area contributed by atoms with E-state index in [9.17, 15) is 5.11 Å². The molecule has 0 radical (unpaired) electrons. The maximum absolute atomic E-state index is 9.60. The van der Waals surface area contributed by atoms with Crippen LogP contribution >= 0.6 is 0 Å². The minimum Gasteiger partial charge on any atom is -0.395 e. The standard InChI is InChI=1S/C15H14N2O2/c18-7-15(8-19-9-15)10-1-2-11-12-6-16-4-3-13(12)17-14(11)5-10/h1-6,17-18H,7-9H2. The Bertz CT molecular complexity index is 754. The lowest BCUT2D eigenvalue weighted by Crippen LogP contribution is -2.49. The van der Waals surface area contributed by atoms with Crippen LogP contribution in [0.2, 0.25) is 0 Å². The first-order valence-electron chi connectivity index (χ1n) is 6.37. The van der Waals surface area contributed by atoms with Gasteiger partial charge in [0, 0.05) is 34.2 Å². The van der Waals surface area contributed by atoms with E-state index in [0.717, 1.165) is 22.0 Å². The van der Waals surface area contributed by atoms with Gasteiger partial charge in [0.25, 0.3) is 0 Å². The van der Waals surface area contributed by atoms with Crippen LogP contribution in [0, 0.1) is 0 Å². The number of aliphatic hydroxyl groups is 1. The van der Waals surface area contributed by atoms with Crippen LogP contribution in [0.1, 0.15) is 5.56 Å². The molecular weight excluding hydrogens is 240 g/mol. The van der Waals surface area contributed by atoms with E-state index >= 15 is 0 Å². The fourth-order valence-corrected chi connectivity index (χ4v) is 2.77. The first kappa shape index (κ1) is 11.0. The molecule has 3 aromatic rings. The van der Waals surface area contributed by atoms with Crippen molar-refractivity contribution in [2.24, 2.45) is 0 Å². The summed E-state index contributed by atoms with van der Waals surface area (Å²) in [4.78, 5) is 7.57. The third-order valence-corrected chi connectivity index (χ3v) is 4.07. The van der Waals surface area contributed by atoms with E-state index in [1.165, 1.54) is 5.39 Å². The summed E-state index contributed by atoms with van der Waals surface area (Å²) in [5, 5.41) is 11.9. The highest BCUT2D eigenvalue weighted by atomic mass is 16.5. The van der Waals surface area contributed by atoms with Crippen molar-refractivity contribution in [2.75, 3.05) is 19.8 Å². The van der Waals surface area contributed by atoms with Gasteiger partial charge in [0.05, 0.1) is 25.2 Å². The van der Waals surface area contributed by atoms with E-state index in [1.54, 1.807) is 6.20 Å². The molecule has 1 saturated heterocycles. The molecule has 4 heteroatoms. The fraction of sp³-hybridized carbons (Fsp3) is 0.267. The number of hydrogen-bond acceptors (Lipinski definition) is 3. The van der Waals surface area contributed by atoms with Crippen LogP contribution in [-0.4, -0.2) is 34.9 Å². The predicted molar refractivity (Wildman–Crippen MR) is 73.2 cm³/mol. The predicted octanol–water partition coefficient (Wildman–Crippen LogP) is 1.98. The molecule has 4 nitrogen and oxygen atoms in total. The molecule has 1 aromatic carbocycles. The smallest absolute Gasteiger partial charge is 0.0652 e. The van der Waals surface area contributed by atoms with Crippen LogP contribution in [0.15, 0.2) is 36.7 Å². The van der Waals surface area contributed by atoms with E-state index < -0.39 is 0 Å². The van der Waals surface area contributed by atoms with Crippen LogP contribution in [0.4, 0.5) is 0 Å². The van der Waals surface area contributed by atoms with Crippen molar-refractivity contribution >= 4 is 21.8 Å². The van der Waals surface area contributed by atoms with Gasteiger partial charge in [-0.05, 0) is 17.7 Å². The van der Waals surface area contributed by atoms with Gasteiger partial charge in [0.2, 0.25) is 0 Å². The average molecular weight is 254 g/mol. The van der Waals surface area contributed by atoms with E-state index in [4.69, 9.17) is 4.74 Å². The number of rotatable bonds is 2. The van der Waals surface area contributed by atoms with Crippen LogP contribution in [0.3, 0.4) is 0 Å². The van der Waals surface area contributed by atoms with Gasteiger partial charge in [-0.1, -0.05) is 12.1 Å². The number of aliphatic hydroxyl groups excluding tert-OH is 1. The number of hydrogen-bond donors (Lipinski definition) is 2. The Balaban J connectivity index is 1.94.